The van der Waals surface area contributed by atoms with Gasteiger partial charge in [-0.05, 0) is 38.1 Å². The fourth-order valence-electron chi connectivity index (χ4n) is 1.40. The molecule has 0 spiro atoms. The van der Waals surface area contributed by atoms with E-state index < -0.39 is 17.4 Å². The van der Waals surface area contributed by atoms with Crippen LogP contribution in [-0.4, -0.2) is 39.9 Å². The second-order valence-corrected chi connectivity index (χ2v) is 6.45. The zero-order chi connectivity index (χ0) is 16.8. The molecule has 1 aromatic carbocycles. The monoisotopic (exact) mass is 344 g/mol. The van der Waals surface area contributed by atoms with Crippen LogP contribution in [0.1, 0.15) is 13.8 Å². The van der Waals surface area contributed by atoms with E-state index in [0.717, 1.165) is 11.8 Å². The average molecular weight is 345 g/mol. The lowest BCUT2D eigenvalue weighted by molar-refractivity contribution is -0.145. The highest BCUT2D eigenvalue weighted by atomic mass is 35.5. The second-order valence-electron chi connectivity index (χ2n) is 5.03. The third kappa shape index (κ3) is 6.36. The Kier molecular flexibility index (Phi) is 6.70. The quantitative estimate of drug-likeness (QED) is 0.703. The summed E-state index contributed by atoms with van der Waals surface area (Å²) in [5, 5.41) is 14.5. The van der Waals surface area contributed by atoms with Gasteiger partial charge in [0.15, 0.2) is 0 Å². The first-order chi connectivity index (χ1) is 10.2. The molecule has 0 radical (unpaired) electrons. The van der Waals surface area contributed by atoms with Gasteiger partial charge in [-0.2, -0.15) is 0 Å². The van der Waals surface area contributed by atoms with Gasteiger partial charge in [-0.1, -0.05) is 11.6 Å². The summed E-state index contributed by atoms with van der Waals surface area (Å²) >= 11 is 6.84. The van der Waals surface area contributed by atoms with Gasteiger partial charge in [-0.3, -0.25) is 9.59 Å². The minimum atomic E-state index is -1.33. The molecule has 0 aliphatic heterocycles. The Morgan fingerprint density at radius 1 is 1.14 bits per heavy atom. The van der Waals surface area contributed by atoms with Crippen molar-refractivity contribution in [2.24, 2.45) is 0 Å². The van der Waals surface area contributed by atoms with Crippen LogP contribution in [0.5, 0.6) is 0 Å². The third-order valence-corrected chi connectivity index (χ3v) is 3.77. The predicted molar refractivity (Wildman–Crippen MR) is 87.3 cm³/mol. The van der Waals surface area contributed by atoms with Crippen LogP contribution in [0.4, 0.5) is 5.69 Å². The summed E-state index contributed by atoms with van der Waals surface area (Å²) in [7, 11) is 0. The zero-order valence-corrected chi connectivity index (χ0v) is 13.8. The average Bonchev–Trinajstić information content (AvgIpc) is 2.40. The van der Waals surface area contributed by atoms with E-state index in [9.17, 15) is 14.4 Å². The van der Waals surface area contributed by atoms with Crippen LogP contribution < -0.4 is 10.6 Å². The number of amides is 2. The molecule has 3 N–H and O–H groups in total. The second kappa shape index (κ2) is 8.05. The van der Waals surface area contributed by atoms with Gasteiger partial charge in [-0.25, -0.2) is 4.79 Å². The third-order valence-electron chi connectivity index (χ3n) is 2.58. The van der Waals surface area contributed by atoms with Crippen molar-refractivity contribution < 1.29 is 19.5 Å². The first-order valence-electron chi connectivity index (χ1n) is 6.38. The van der Waals surface area contributed by atoms with Gasteiger partial charge in [0.2, 0.25) is 11.8 Å². The summed E-state index contributed by atoms with van der Waals surface area (Å²) in [6.07, 6.45) is 0. The lowest BCUT2D eigenvalue weighted by Crippen LogP contribution is -2.50. The van der Waals surface area contributed by atoms with Crippen LogP contribution in [0.25, 0.3) is 0 Å². The molecule has 0 fully saturated rings. The van der Waals surface area contributed by atoms with Gasteiger partial charge >= 0.3 is 5.97 Å². The minimum Gasteiger partial charge on any atom is -0.480 e. The van der Waals surface area contributed by atoms with Crippen LogP contribution in [0.15, 0.2) is 24.3 Å². The smallest absolute Gasteiger partial charge is 0.328 e. The summed E-state index contributed by atoms with van der Waals surface area (Å²) in [6, 6.07) is 6.66. The molecule has 8 heteroatoms. The molecule has 1 rings (SSSR count). The van der Waals surface area contributed by atoms with E-state index in [2.05, 4.69) is 10.6 Å². The Morgan fingerprint density at radius 2 is 1.68 bits per heavy atom. The minimum absolute atomic E-state index is 0.00471. The highest BCUT2D eigenvalue weighted by Gasteiger charge is 2.28. The van der Waals surface area contributed by atoms with Crippen molar-refractivity contribution in [3.8, 4) is 0 Å². The molecule has 0 saturated heterocycles. The molecule has 0 saturated carbocycles. The fraction of sp³-hybridized carbons (Fsp3) is 0.357. The molecule has 0 aliphatic rings. The van der Waals surface area contributed by atoms with E-state index in [-0.39, 0.29) is 17.4 Å². The number of nitrogens with one attached hydrogen (secondary N) is 2. The van der Waals surface area contributed by atoms with E-state index in [4.69, 9.17) is 16.7 Å². The van der Waals surface area contributed by atoms with Crippen molar-refractivity contribution in [3.63, 3.8) is 0 Å². The molecule has 0 atom stereocenters. The number of halogens is 1. The van der Waals surface area contributed by atoms with Gasteiger partial charge in [0.05, 0.1) is 11.5 Å². The van der Waals surface area contributed by atoms with Crippen LogP contribution >= 0.6 is 23.4 Å². The zero-order valence-electron chi connectivity index (χ0n) is 12.2. The first-order valence-corrected chi connectivity index (χ1v) is 7.91. The first kappa shape index (κ1) is 18.3. The molecule has 22 heavy (non-hydrogen) atoms. The Morgan fingerprint density at radius 3 is 2.23 bits per heavy atom. The number of thioether (sulfide) groups is 1. The van der Waals surface area contributed by atoms with E-state index in [0.29, 0.717) is 10.7 Å². The summed E-state index contributed by atoms with van der Waals surface area (Å²) < 4.78 is 0. The number of hydrogen-bond donors (Lipinski definition) is 3. The van der Waals surface area contributed by atoms with Gasteiger partial charge in [0.1, 0.15) is 5.54 Å². The Balaban J connectivity index is 2.31. The van der Waals surface area contributed by atoms with Crippen LogP contribution in [0.2, 0.25) is 5.02 Å². The summed E-state index contributed by atoms with van der Waals surface area (Å²) in [6.45, 7) is 2.79. The summed E-state index contributed by atoms with van der Waals surface area (Å²) in [4.78, 5) is 34.2. The Labute approximate surface area is 137 Å². The lowest BCUT2D eigenvalue weighted by atomic mass is 10.1. The maximum atomic E-state index is 11.7. The molecule has 0 bridgehead atoms. The number of carbonyl (C=O) groups is 3. The number of rotatable bonds is 7. The number of aliphatic carboxylic acids is 1. The number of benzene rings is 1. The number of carboxylic acids is 1. The van der Waals surface area contributed by atoms with Crippen LogP contribution in [0, 0.1) is 0 Å². The number of hydrogen-bond acceptors (Lipinski definition) is 4. The topological polar surface area (TPSA) is 95.5 Å². The molecule has 0 unspecified atom stereocenters. The molecule has 0 aromatic heterocycles. The molecular weight excluding hydrogens is 328 g/mol. The number of carbonyl (C=O) groups excluding carboxylic acids is 2. The highest BCUT2D eigenvalue weighted by Crippen LogP contribution is 2.14. The fourth-order valence-corrected chi connectivity index (χ4v) is 2.15. The van der Waals surface area contributed by atoms with Crippen molar-refractivity contribution in [1.82, 2.24) is 5.32 Å². The predicted octanol–water partition coefficient (Wildman–Crippen LogP) is 1.99. The molecule has 2 amide bonds. The summed E-state index contributed by atoms with van der Waals surface area (Å²) in [5.74, 6) is -1.71. The molecular formula is C14H17ClN2O4S. The normalized spacial score (nSPS) is 10.9. The van der Waals surface area contributed by atoms with Crippen molar-refractivity contribution in [2.45, 2.75) is 19.4 Å². The molecule has 0 aliphatic carbocycles. The van der Waals surface area contributed by atoms with E-state index >= 15 is 0 Å². The molecule has 1 aromatic rings. The van der Waals surface area contributed by atoms with Crippen molar-refractivity contribution in [3.05, 3.63) is 29.3 Å². The van der Waals surface area contributed by atoms with Crippen LogP contribution in [-0.2, 0) is 14.4 Å². The Hall–Kier alpha value is -1.73. The van der Waals surface area contributed by atoms with Gasteiger partial charge < -0.3 is 15.7 Å². The number of carboxylic acid groups (broad SMARTS) is 1. The highest BCUT2D eigenvalue weighted by molar-refractivity contribution is 8.00. The van der Waals surface area contributed by atoms with Gasteiger partial charge in [0, 0.05) is 10.7 Å². The SMILES string of the molecule is CC(C)(NC(=O)CSCC(=O)Nc1ccc(Cl)cc1)C(=O)O. The summed E-state index contributed by atoms with van der Waals surface area (Å²) in [5.41, 5.74) is -0.713. The largest absolute Gasteiger partial charge is 0.480 e. The maximum Gasteiger partial charge on any atom is 0.328 e. The van der Waals surface area contributed by atoms with E-state index in [1.165, 1.54) is 13.8 Å². The van der Waals surface area contributed by atoms with Crippen molar-refractivity contribution in [1.29, 1.82) is 0 Å². The van der Waals surface area contributed by atoms with Crippen LogP contribution in [0.3, 0.4) is 0 Å². The van der Waals surface area contributed by atoms with Gasteiger partial charge in [-0.15, -0.1) is 11.8 Å². The van der Waals surface area contributed by atoms with Crippen molar-refractivity contribution >= 4 is 46.8 Å². The maximum absolute atomic E-state index is 11.7. The lowest BCUT2D eigenvalue weighted by Gasteiger charge is -2.20. The molecule has 120 valence electrons. The number of anilines is 1. The van der Waals surface area contributed by atoms with E-state index in [1.807, 2.05) is 0 Å². The molecule has 0 heterocycles. The Bertz CT molecular complexity index is 560. The standard InChI is InChI=1S/C14H17ClN2O4S/c1-14(2,13(20)21)17-12(19)8-22-7-11(18)16-10-5-3-9(15)4-6-10/h3-6H,7-8H2,1-2H3,(H,16,18)(H,17,19)(H,20,21). The van der Waals surface area contributed by atoms with Crippen molar-refractivity contribution in [2.75, 3.05) is 16.8 Å². The molecule has 6 nitrogen and oxygen atoms in total. The van der Waals surface area contributed by atoms with Gasteiger partial charge in [0.25, 0.3) is 0 Å². The van der Waals surface area contributed by atoms with E-state index in [1.54, 1.807) is 24.3 Å².